The molecule has 0 spiro atoms. The summed E-state index contributed by atoms with van der Waals surface area (Å²) in [6.45, 7) is 0. The number of aliphatic hydroxyl groups is 1. The molecular formula is C24H19BrN2O2. The Morgan fingerprint density at radius 2 is 1.59 bits per heavy atom. The van der Waals surface area contributed by atoms with E-state index in [4.69, 9.17) is 0 Å². The maximum Gasteiger partial charge on any atom is 0.261 e. The molecule has 29 heavy (non-hydrogen) atoms. The van der Waals surface area contributed by atoms with Crippen molar-refractivity contribution in [2.45, 2.75) is 12.0 Å². The van der Waals surface area contributed by atoms with E-state index in [-0.39, 0.29) is 6.42 Å². The average Bonchev–Trinajstić information content (AvgIpc) is 2.75. The Bertz CT molecular complexity index is 1160. The normalized spacial score (nSPS) is 13.0. The van der Waals surface area contributed by atoms with Crippen LogP contribution in [0.4, 0.5) is 5.69 Å². The second-order valence-corrected chi connectivity index (χ2v) is 7.69. The van der Waals surface area contributed by atoms with Crippen LogP contribution in [0.5, 0.6) is 0 Å². The molecule has 0 bridgehead atoms. The lowest BCUT2D eigenvalue weighted by molar-refractivity contribution is -0.135. The van der Waals surface area contributed by atoms with Crippen molar-refractivity contribution in [1.29, 1.82) is 0 Å². The molecule has 5 heteroatoms. The predicted molar refractivity (Wildman–Crippen MR) is 119 cm³/mol. The molecule has 0 aliphatic heterocycles. The van der Waals surface area contributed by atoms with Gasteiger partial charge in [-0.1, -0.05) is 66.7 Å². The lowest BCUT2D eigenvalue weighted by atomic mass is 9.87. The fourth-order valence-corrected chi connectivity index (χ4v) is 3.67. The SMILES string of the molecule is O=C(Nc1ccccc1Br)C(O)(Cc1ccc2ccccc2n1)c1ccccc1. The van der Waals surface area contributed by atoms with Crippen molar-refractivity contribution in [2.24, 2.45) is 0 Å². The Kier molecular flexibility index (Phi) is 5.43. The third kappa shape index (κ3) is 4.06. The van der Waals surface area contributed by atoms with Crippen LogP contribution in [0.15, 0.2) is 95.5 Å². The molecule has 0 aliphatic rings. The van der Waals surface area contributed by atoms with E-state index in [1.54, 1.807) is 30.3 Å². The van der Waals surface area contributed by atoms with Crippen molar-refractivity contribution in [3.8, 4) is 0 Å². The molecule has 0 saturated heterocycles. The summed E-state index contributed by atoms with van der Waals surface area (Å²) in [4.78, 5) is 17.9. The smallest absolute Gasteiger partial charge is 0.261 e. The first-order valence-corrected chi connectivity index (χ1v) is 10.0. The molecule has 1 unspecified atom stereocenters. The van der Waals surface area contributed by atoms with E-state index in [0.29, 0.717) is 16.9 Å². The summed E-state index contributed by atoms with van der Waals surface area (Å²) in [6.07, 6.45) is 0.0537. The number of anilines is 1. The summed E-state index contributed by atoms with van der Waals surface area (Å²) in [5, 5.41) is 15.4. The fraction of sp³-hybridized carbons (Fsp3) is 0.0833. The van der Waals surface area contributed by atoms with Crippen molar-refractivity contribution in [1.82, 2.24) is 4.98 Å². The molecule has 3 aromatic carbocycles. The summed E-state index contributed by atoms with van der Waals surface area (Å²) in [5.41, 5.74) is 0.799. The largest absolute Gasteiger partial charge is 0.375 e. The van der Waals surface area contributed by atoms with Crippen LogP contribution in [-0.2, 0) is 16.8 Å². The summed E-state index contributed by atoms with van der Waals surface area (Å²) < 4.78 is 0.743. The number of halogens is 1. The topological polar surface area (TPSA) is 62.2 Å². The quantitative estimate of drug-likeness (QED) is 0.449. The number of pyridine rings is 1. The van der Waals surface area contributed by atoms with Gasteiger partial charge in [0.1, 0.15) is 0 Å². The van der Waals surface area contributed by atoms with E-state index in [1.807, 2.05) is 60.7 Å². The zero-order chi connectivity index (χ0) is 20.3. The van der Waals surface area contributed by atoms with Crippen LogP contribution in [0, 0.1) is 0 Å². The minimum atomic E-state index is -1.77. The molecule has 4 rings (SSSR count). The highest BCUT2D eigenvalue weighted by Crippen LogP contribution is 2.30. The number of aromatic nitrogens is 1. The second-order valence-electron chi connectivity index (χ2n) is 6.83. The molecule has 1 heterocycles. The van der Waals surface area contributed by atoms with Gasteiger partial charge in [0.25, 0.3) is 5.91 Å². The molecule has 0 radical (unpaired) electrons. The van der Waals surface area contributed by atoms with Crippen molar-refractivity contribution in [3.05, 3.63) is 107 Å². The van der Waals surface area contributed by atoms with Crippen LogP contribution >= 0.6 is 15.9 Å². The number of carbonyl (C=O) groups is 1. The zero-order valence-electron chi connectivity index (χ0n) is 15.5. The third-order valence-corrected chi connectivity index (χ3v) is 5.53. The number of rotatable bonds is 5. The lowest BCUT2D eigenvalue weighted by Gasteiger charge is -2.27. The molecule has 1 amide bonds. The molecule has 144 valence electrons. The second kappa shape index (κ2) is 8.15. The van der Waals surface area contributed by atoms with E-state index < -0.39 is 11.5 Å². The Morgan fingerprint density at radius 1 is 0.897 bits per heavy atom. The molecular weight excluding hydrogens is 428 g/mol. The summed E-state index contributed by atoms with van der Waals surface area (Å²) in [7, 11) is 0. The van der Waals surface area contributed by atoms with Gasteiger partial charge >= 0.3 is 0 Å². The van der Waals surface area contributed by atoms with Crippen molar-refractivity contribution in [2.75, 3.05) is 5.32 Å². The first kappa shape index (κ1) is 19.3. The first-order valence-electron chi connectivity index (χ1n) is 9.25. The van der Waals surface area contributed by atoms with Gasteiger partial charge in [-0.05, 0) is 45.8 Å². The molecule has 1 aromatic heterocycles. The lowest BCUT2D eigenvalue weighted by Crippen LogP contribution is -2.42. The molecule has 0 aliphatic carbocycles. The average molecular weight is 447 g/mol. The number of nitrogens with zero attached hydrogens (tertiary/aromatic N) is 1. The van der Waals surface area contributed by atoms with E-state index in [1.165, 1.54) is 0 Å². The Balaban J connectivity index is 1.72. The number of hydrogen-bond acceptors (Lipinski definition) is 3. The standard InChI is InChI=1S/C24H19BrN2O2/c25-20-11-5-7-13-22(20)27-23(28)24(29,18-9-2-1-3-10-18)16-19-15-14-17-8-4-6-12-21(17)26-19/h1-15,29H,16H2,(H,27,28). The van der Waals surface area contributed by atoms with Gasteiger partial charge in [0.2, 0.25) is 0 Å². The predicted octanol–water partition coefficient (Wildman–Crippen LogP) is 5.07. The Morgan fingerprint density at radius 3 is 2.38 bits per heavy atom. The van der Waals surface area contributed by atoms with Gasteiger partial charge in [-0.15, -0.1) is 0 Å². The minimum absolute atomic E-state index is 0.0537. The Hall–Kier alpha value is -3.02. The van der Waals surface area contributed by atoms with Gasteiger partial charge in [-0.3, -0.25) is 9.78 Å². The highest BCUT2D eigenvalue weighted by molar-refractivity contribution is 9.10. The van der Waals surface area contributed by atoms with Crippen LogP contribution in [0.1, 0.15) is 11.3 Å². The number of hydrogen-bond donors (Lipinski definition) is 2. The van der Waals surface area contributed by atoms with Crippen molar-refractivity contribution >= 4 is 38.4 Å². The number of carbonyl (C=O) groups excluding carboxylic acids is 1. The van der Waals surface area contributed by atoms with Gasteiger partial charge in [0.15, 0.2) is 5.60 Å². The molecule has 0 saturated carbocycles. The van der Waals surface area contributed by atoms with Crippen LogP contribution < -0.4 is 5.32 Å². The number of para-hydroxylation sites is 2. The van der Waals surface area contributed by atoms with Gasteiger partial charge in [-0.25, -0.2) is 0 Å². The van der Waals surface area contributed by atoms with Gasteiger partial charge < -0.3 is 10.4 Å². The first-order chi connectivity index (χ1) is 14.1. The molecule has 2 N–H and O–H groups in total. The molecule has 1 atom stereocenters. The number of fused-ring (bicyclic) bond motifs is 1. The zero-order valence-corrected chi connectivity index (χ0v) is 17.1. The number of benzene rings is 3. The third-order valence-electron chi connectivity index (χ3n) is 4.84. The molecule has 4 nitrogen and oxygen atoms in total. The summed E-state index contributed by atoms with van der Waals surface area (Å²) in [6, 6.07) is 27.8. The van der Waals surface area contributed by atoms with Gasteiger partial charge in [-0.2, -0.15) is 0 Å². The van der Waals surface area contributed by atoms with Crippen LogP contribution in [0.3, 0.4) is 0 Å². The minimum Gasteiger partial charge on any atom is -0.375 e. The molecule has 4 aromatic rings. The summed E-state index contributed by atoms with van der Waals surface area (Å²) in [5.74, 6) is -0.509. The monoisotopic (exact) mass is 446 g/mol. The Labute approximate surface area is 177 Å². The maximum absolute atomic E-state index is 13.2. The maximum atomic E-state index is 13.2. The summed E-state index contributed by atoms with van der Waals surface area (Å²) >= 11 is 3.43. The van der Waals surface area contributed by atoms with Crippen LogP contribution in [0.2, 0.25) is 0 Å². The molecule has 0 fully saturated rings. The van der Waals surface area contributed by atoms with E-state index in [9.17, 15) is 9.90 Å². The van der Waals surface area contributed by atoms with Gasteiger partial charge in [0.05, 0.1) is 11.2 Å². The number of amides is 1. The van der Waals surface area contributed by atoms with Crippen molar-refractivity contribution < 1.29 is 9.90 Å². The van der Waals surface area contributed by atoms with E-state index in [0.717, 1.165) is 15.4 Å². The fourth-order valence-electron chi connectivity index (χ4n) is 3.28. The van der Waals surface area contributed by atoms with E-state index >= 15 is 0 Å². The number of nitrogens with one attached hydrogen (secondary N) is 1. The highest BCUT2D eigenvalue weighted by atomic mass is 79.9. The van der Waals surface area contributed by atoms with Gasteiger partial charge in [0, 0.05) is 22.0 Å². The van der Waals surface area contributed by atoms with Crippen LogP contribution in [-0.4, -0.2) is 16.0 Å². The van der Waals surface area contributed by atoms with E-state index in [2.05, 4.69) is 26.2 Å². The van der Waals surface area contributed by atoms with Crippen molar-refractivity contribution in [3.63, 3.8) is 0 Å². The highest BCUT2D eigenvalue weighted by Gasteiger charge is 2.39. The van der Waals surface area contributed by atoms with Crippen LogP contribution in [0.25, 0.3) is 10.9 Å².